The van der Waals surface area contributed by atoms with Gasteiger partial charge in [0.05, 0.1) is 17.6 Å². The zero-order valence-corrected chi connectivity index (χ0v) is 17.3. The Morgan fingerprint density at radius 1 is 1.24 bits per heavy atom. The maximum absolute atomic E-state index is 13.1. The van der Waals surface area contributed by atoms with Crippen LogP contribution in [-0.2, 0) is 16.1 Å². The van der Waals surface area contributed by atoms with E-state index in [0.717, 1.165) is 30.6 Å². The average Bonchev–Trinajstić information content (AvgIpc) is 3.33. The summed E-state index contributed by atoms with van der Waals surface area (Å²) >= 11 is 6.71. The predicted octanol–water partition coefficient (Wildman–Crippen LogP) is 4.78. The molecule has 2 saturated heterocycles. The first-order chi connectivity index (χ1) is 14.1. The molecule has 2 heterocycles. The number of thioether (sulfide) groups is 1. The number of benzene rings is 2. The van der Waals surface area contributed by atoms with E-state index in [1.54, 1.807) is 17.0 Å². The number of carbonyl (C=O) groups is 1. The molecular formula is C22H20FNO3S2. The third-order valence-electron chi connectivity index (χ3n) is 4.80. The van der Waals surface area contributed by atoms with Gasteiger partial charge in [0.1, 0.15) is 22.5 Å². The number of rotatable bonds is 6. The highest BCUT2D eigenvalue weighted by atomic mass is 32.2. The Labute approximate surface area is 178 Å². The molecular weight excluding hydrogens is 409 g/mol. The molecule has 4 rings (SSSR count). The van der Waals surface area contributed by atoms with Crippen molar-refractivity contribution in [1.82, 2.24) is 4.90 Å². The Balaban J connectivity index is 1.48. The van der Waals surface area contributed by atoms with E-state index in [1.165, 1.54) is 23.9 Å². The van der Waals surface area contributed by atoms with Crippen LogP contribution in [0.3, 0.4) is 0 Å². The summed E-state index contributed by atoms with van der Waals surface area (Å²) in [6.45, 7) is 1.56. The normalized spacial score (nSPS) is 20.7. The summed E-state index contributed by atoms with van der Waals surface area (Å²) in [5.41, 5.74) is 1.66. The summed E-state index contributed by atoms with van der Waals surface area (Å²) < 4.78 is 25.2. The van der Waals surface area contributed by atoms with Gasteiger partial charge < -0.3 is 9.47 Å². The lowest BCUT2D eigenvalue weighted by molar-refractivity contribution is -0.123. The van der Waals surface area contributed by atoms with Gasteiger partial charge in [0, 0.05) is 12.2 Å². The monoisotopic (exact) mass is 429 g/mol. The van der Waals surface area contributed by atoms with Gasteiger partial charge in [-0.15, -0.1) is 0 Å². The zero-order chi connectivity index (χ0) is 20.2. The van der Waals surface area contributed by atoms with Crippen LogP contribution in [0.25, 0.3) is 6.08 Å². The maximum atomic E-state index is 13.1. The third kappa shape index (κ3) is 4.86. The van der Waals surface area contributed by atoms with Crippen molar-refractivity contribution in [1.29, 1.82) is 0 Å². The van der Waals surface area contributed by atoms with Gasteiger partial charge >= 0.3 is 0 Å². The van der Waals surface area contributed by atoms with Crippen LogP contribution in [0.4, 0.5) is 4.39 Å². The second kappa shape index (κ2) is 9.07. The lowest BCUT2D eigenvalue weighted by Crippen LogP contribution is -2.35. The summed E-state index contributed by atoms with van der Waals surface area (Å²) in [5.74, 6) is 0.282. The molecule has 0 radical (unpaired) electrons. The topological polar surface area (TPSA) is 38.8 Å². The van der Waals surface area contributed by atoms with E-state index in [9.17, 15) is 9.18 Å². The summed E-state index contributed by atoms with van der Waals surface area (Å²) in [7, 11) is 0. The molecule has 2 aliphatic rings. The van der Waals surface area contributed by atoms with Gasteiger partial charge in [-0.25, -0.2) is 4.39 Å². The number of ether oxygens (including phenoxy) is 2. The fourth-order valence-corrected chi connectivity index (χ4v) is 4.53. The van der Waals surface area contributed by atoms with Gasteiger partial charge in [-0.05, 0) is 42.7 Å². The maximum Gasteiger partial charge on any atom is 0.266 e. The molecule has 0 unspecified atom stereocenters. The number of amides is 1. The van der Waals surface area contributed by atoms with Gasteiger partial charge in [-0.2, -0.15) is 0 Å². The van der Waals surface area contributed by atoms with Crippen LogP contribution in [0.5, 0.6) is 5.75 Å². The molecule has 4 nitrogen and oxygen atoms in total. The molecule has 0 aliphatic carbocycles. The Morgan fingerprint density at radius 2 is 2.03 bits per heavy atom. The van der Waals surface area contributed by atoms with Crippen LogP contribution in [0.1, 0.15) is 24.0 Å². The van der Waals surface area contributed by atoms with Crippen LogP contribution < -0.4 is 4.74 Å². The number of hydrogen-bond acceptors (Lipinski definition) is 5. The smallest absolute Gasteiger partial charge is 0.266 e. The number of halogens is 1. The van der Waals surface area contributed by atoms with Crippen LogP contribution in [0.15, 0.2) is 53.4 Å². The second-order valence-corrected chi connectivity index (χ2v) is 8.56. The lowest BCUT2D eigenvalue weighted by Gasteiger charge is -2.18. The standard InChI is InChI=1S/C22H20FNO3S2/c23-17-9-7-15(8-10-17)14-27-19-6-2-1-4-16(19)12-20-21(25)24(22(28)29-20)13-18-5-3-11-26-18/h1-2,4,6-10,12,18H,3,5,11,13-14H2/b20-12-/t18-/m1/s1. The first-order valence-electron chi connectivity index (χ1n) is 9.43. The largest absolute Gasteiger partial charge is 0.488 e. The number of hydrogen-bond donors (Lipinski definition) is 0. The third-order valence-corrected chi connectivity index (χ3v) is 6.17. The molecule has 2 aliphatic heterocycles. The van der Waals surface area contributed by atoms with Crippen molar-refractivity contribution >= 4 is 40.3 Å². The van der Waals surface area contributed by atoms with Crippen molar-refractivity contribution in [3.63, 3.8) is 0 Å². The Hall–Kier alpha value is -2.22. The quantitative estimate of drug-likeness (QED) is 0.488. The van der Waals surface area contributed by atoms with Crippen LogP contribution in [0, 0.1) is 5.82 Å². The molecule has 0 aromatic heterocycles. The lowest BCUT2D eigenvalue weighted by atomic mass is 10.1. The zero-order valence-electron chi connectivity index (χ0n) is 15.7. The van der Waals surface area contributed by atoms with Crippen LogP contribution >= 0.6 is 24.0 Å². The van der Waals surface area contributed by atoms with Gasteiger partial charge in [0.15, 0.2) is 0 Å². The van der Waals surface area contributed by atoms with E-state index in [-0.39, 0.29) is 17.8 Å². The summed E-state index contributed by atoms with van der Waals surface area (Å²) in [6, 6.07) is 13.7. The molecule has 1 atom stereocenters. The number of para-hydroxylation sites is 1. The van der Waals surface area contributed by atoms with E-state index in [2.05, 4.69) is 0 Å². The molecule has 7 heteroatoms. The second-order valence-electron chi connectivity index (χ2n) is 6.88. The summed E-state index contributed by atoms with van der Waals surface area (Å²) in [5, 5.41) is 0. The molecule has 150 valence electrons. The van der Waals surface area contributed by atoms with E-state index in [0.29, 0.717) is 28.1 Å². The summed E-state index contributed by atoms with van der Waals surface area (Å²) in [4.78, 5) is 15.1. The Morgan fingerprint density at radius 3 is 2.79 bits per heavy atom. The molecule has 0 spiro atoms. The minimum atomic E-state index is -0.279. The minimum absolute atomic E-state index is 0.0585. The van der Waals surface area contributed by atoms with E-state index in [1.807, 2.05) is 30.3 Å². The van der Waals surface area contributed by atoms with Gasteiger partial charge in [0.25, 0.3) is 5.91 Å². The molecule has 2 aromatic rings. The highest BCUT2D eigenvalue weighted by Gasteiger charge is 2.34. The van der Waals surface area contributed by atoms with Crippen molar-refractivity contribution in [2.24, 2.45) is 0 Å². The molecule has 2 aromatic carbocycles. The summed E-state index contributed by atoms with van der Waals surface area (Å²) in [6.07, 6.45) is 3.85. The first-order valence-corrected chi connectivity index (χ1v) is 10.7. The van der Waals surface area contributed by atoms with E-state index in [4.69, 9.17) is 21.7 Å². The van der Waals surface area contributed by atoms with E-state index >= 15 is 0 Å². The van der Waals surface area contributed by atoms with Gasteiger partial charge in [-0.3, -0.25) is 9.69 Å². The van der Waals surface area contributed by atoms with Crippen molar-refractivity contribution < 1.29 is 18.7 Å². The molecule has 0 N–H and O–H groups in total. The van der Waals surface area contributed by atoms with Gasteiger partial charge in [0.2, 0.25) is 0 Å². The highest BCUT2D eigenvalue weighted by molar-refractivity contribution is 8.26. The SMILES string of the molecule is O=C1/C(=C/c2ccccc2OCc2ccc(F)cc2)SC(=S)N1C[C@H]1CCCO1. The van der Waals surface area contributed by atoms with Crippen molar-refractivity contribution in [2.45, 2.75) is 25.6 Å². The van der Waals surface area contributed by atoms with E-state index < -0.39 is 0 Å². The minimum Gasteiger partial charge on any atom is -0.488 e. The first kappa shape index (κ1) is 20.1. The van der Waals surface area contributed by atoms with Crippen molar-refractivity contribution in [2.75, 3.05) is 13.2 Å². The Kier molecular flexibility index (Phi) is 6.28. The molecule has 0 saturated carbocycles. The van der Waals surface area contributed by atoms with Crippen molar-refractivity contribution in [3.05, 3.63) is 70.4 Å². The number of thiocarbonyl (C=S) groups is 1. The Bertz CT molecular complexity index is 939. The fourth-order valence-electron chi connectivity index (χ4n) is 3.26. The number of nitrogens with zero attached hydrogens (tertiary/aromatic N) is 1. The number of carbonyl (C=O) groups excluding carboxylic acids is 1. The fraction of sp³-hybridized carbons (Fsp3) is 0.273. The molecule has 2 fully saturated rings. The highest BCUT2D eigenvalue weighted by Crippen LogP contribution is 2.35. The molecule has 0 bridgehead atoms. The average molecular weight is 430 g/mol. The predicted molar refractivity (Wildman–Crippen MR) is 116 cm³/mol. The molecule has 1 amide bonds. The van der Waals surface area contributed by atoms with Crippen LogP contribution in [-0.4, -0.2) is 34.4 Å². The van der Waals surface area contributed by atoms with Crippen LogP contribution in [0.2, 0.25) is 0 Å². The molecule has 29 heavy (non-hydrogen) atoms. The van der Waals surface area contributed by atoms with Gasteiger partial charge in [-0.1, -0.05) is 54.3 Å². The van der Waals surface area contributed by atoms with Crippen molar-refractivity contribution in [3.8, 4) is 5.75 Å².